The van der Waals surface area contributed by atoms with E-state index in [2.05, 4.69) is 31.8 Å². The summed E-state index contributed by atoms with van der Waals surface area (Å²) in [4.78, 5) is 6.11. The first-order valence-corrected chi connectivity index (χ1v) is 10.5. The lowest BCUT2D eigenvalue weighted by molar-refractivity contribution is 0.588. The molecule has 0 aliphatic carbocycles. The summed E-state index contributed by atoms with van der Waals surface area (Å²) in [6.07, 6.45) is 0.942. The smallest absolute Gasteiger partial charge is 0.240 e. The summed E-state index contributed by atoms with van der Waals surface area (Å²) in [7, 11) is -2.03. The summed E-state index contributed by atoms with van der Waals surface area (Å²) in [5.41, 5.74) is 0.840. The van der Waals surface area contributed by atoms with E-state index in [1.54, 1.807) is 29.5 Å². The number of sulfonamides is 1. The summed E-state index contributed by atoms with van der Waals surface area (Å²) in [5, 5.41) is 8.57. The Labute approximate surface area is 176 Å². The minimum atomic E-state index is -3.44. The number of hydrogen-bond acceptors (Lipinski definition) is 4. The van der Waals surface area contributed by atoms with Crippen LogP contribution in [0.5, 0.6) is 0 Å². The van der Waals surface area contributed by atoms with Crippen molar-refractivity contribution >= 4 is 51.3 Å². The van der Waals surface area contributed by atoms with E-state index in [1.165, 1.54) is 11.9 Å². The topological polar surface area (TPSA) is 82.6 Å². The number of nitrogens with one attached hydrogen (secondary N) is 3. The SMILES string of the molecule is CCNC(=NCc1cccc(S(=O)(=O)NC)c1)NCCc1cccs1.I. The number of aliphatic imine (C=N–C) groups is 1. The van der Waals surface area contributed by atoms with Gasteiger partial charge in [-0.05, 0) is 49.5 Å². The van der Waals surface area contributed by atoms with Crippen LogP contribution in [0.3, 0.4) is 0 Å². The largest absolute Gasteiger partial charge is 0.357 e. The monoisotopic (exact) mass is 508 g/mol. The van der Waals surface area contributed by atoms with Crippen molar-refractivity contribution in [1.29, 1.82) is 0 Å². The fourth-order valence-corrected chi connectivity index (χ4v) is 3.71. The summed E-state index contributed by atoms with van der Waals surface area (Å²) in [6, 6.07) is 11.0. The predicted octanol–water partition coefficient (Wildman–Crippen LogP) is 2.57. The van der Waals surface area contributed by atoms with Gasteiger partial charge in [0.1, 0.15) is 0 Å². The minimum Gasteiger partial charge on any atom is -0.357 e. The predicted molar refractivity (Wildman–Crippen MR) is 119 cm³/mol. The lowest BCUT2D eigenvalue weighted by Crippen LogP contribution is -2.38. The third-order valence-electron chi connectivity index (χ3n) is 3.49. The molecular formula is C17H25IN4O2S2. The van der Waals surface area contributed by atoms with E-state index in [9.17, 15) is 8.42 Å². The number of hydrogen-bond donors (Lipinski definition) is 3. The van der Waals surface area contributed by atoms with Crippen LogP contribution < -0.4 is 15.4 Å². The molecule has 0 saturated heterocycles. The van der Waals surface area contributed by atoms with Crippen molar-refractivity contribution in [3.05, 3.63) is 52.2 Å². The molecule has 0 spiro atoms. The van der Waals surface area contributed by atoms with Gasteiger partial charge in [0.25, 0.3) is 0 Å². The third-order valence-corrected chi connectivity index (χ3v) is 5.83. The summed E-state index contributed by atoms with van der Waals surface area (Å²) < 4.78 is 26.1. The molecule has 26 heavy (non-hydrogen) atoms. The number of halogens is 1. The maximum Gasteiger partial charge on any atom is 0.240 e. The molecule has 2 aromatic rings. The van der Waals surface area contributed by atoms with Crippen LogP contribution in [0.1, 0.15) is 17.4 Å². The van der Waals surface area contributed by atoms with Crippen molar-refractivity contribution in [2.24, 2.45) is 4.99 Å². The van der Waals surface area contributed by atoms with E-state index < -0.39 is 10.0 Å². The highest BCUT2D eigenvalue weighted by Gasteiger charge is 2.11. The van der Waals surface area contributed by atoms with Gasteiger partial charge in [-0.2, -0.15) is 0 Å². The fraction of sp³-hybridized carbons (Fsp3) is 0.353. The Balaban J connectivity index is 0.00000338. The molecule has 0 aliphatic heterocycles. The number of guanidine groups is 1. The average Bonchev–Trinajstić information content (AvgIpc) is 3.13. The highest BCUT2D eigenvalue weighted by molar-refractivity contribution is 14.0. The number of rotatable bonds is 8. The number of benzene rings is 1. The molecule has 2 rings (SSSR count). The minimum absolute atomic E-state index is 0. The molecule has 0 radical (unpaired) electrons. The molecule has 144 valence electrons. The van der Waals surface area contributed by atoms with Crippen LogP contribution in [0.4, 0.5) is 0 Å². The van der Waals surface area contributed by atoms with Crippen molar-refractivity contribution in [2.75, 3.05) is 20.1 Å². The van der Waals surface area contributed by atoms with Crippen LogP contribution in [0, 0.1) is 0 Å². The highest BCUT2D eigenvalue weighted by Crippen LogP contribution is 2.12. The molecule has 1 aromatic carbocycles. The lowest BCUT2D eigenvalue weighted by atomic mass is 10.2. The lowest BCUT2D eigenvalue weighted by Gasteiger charge is -2.11. The van der Waals surface area contributed by atoms with E-state index in [1.807, 2.05) is 19.1 Å². The van der Waals surface area contributed by atoms with Crippen LogP contribution in [0.25, 0.3) is 0 Å². The molecule has 1 aromatic heterocycles. The highest BCUT2D eigenvalue weighted by atomic mass is 127. The second-order valence-electron chi connectivity index (χ2n) is 5.31. The molecule has 0 atom stereocenters. The van der Waals surface area contributed by atoms with Gasteiger partial charge in [-0.25, -0.2) is 18.1 Å². The molecule has 9 heteroatoms. The molecule has 0 aliphatic rings. The van der Waals surface area contributed by atoms with Gasteiger partial charge in [-0.15, -0.1) is 35.3 Å². The Morgan fingerprint density at radius 2 is 2.00 bits per heavy atom. The Kier molecular flexibility index (Phi) is 10.1. The van der Waals surface area contributed by atoms with Gasteiger partial charge < -0.3 is 10.6 Å². The normalized spacial score (nSPS) is 11.7. The van der Waals surface area contributed by atoms with Gasteiger partial charge in [0.2, 0.25) is 10.0 Å². The van der Waals surface area contributed by atoms with Crippen LogP contribution in [0.2, 0.25) is 0 Å². The summed E-state index contributed by atoms with van der Waals surface area (Å²) in [6.45, 7) is 3.97. The van der Waals surface area contributed by atoms with Gasteiger partial charge >= 0.3 is 0 Å². The van der Waals surface area contributed by atoms with Crippen LogP contribution in [0.15, 0.2) is 51.7 Å². The molecule has 3 N–H and O–H groups in total. The van der Waals surface area contributed by atoms with Crippen molar-refractivity contribution < 1.29 is 8.42 Å². The van der Waals surface area contributed by atoms with Gasteiger partial charge in [-0.1, -0.05) is 18.2 Å². The van der Waals surface area contributed by atoms with E-state index in [0.717, 1.165) is 31.0 Å². The summed E-state index contributed by atoms with van der Waals surface area (Å²) in [5.74, 6) is 0.723. The Morgan fingerprint density at radius 3 is 2.65 bits per heavy atom. The molecule has 0 unspecified atom stereocenters. The second-order valence-corrected chi connectivity index (χ2v) is 8.23. The van der Waals surface area contributed by atoms with E-state index in [-0.39, 0.29) is 28.9 Å². The maximum atomic E-state index is 11.9. The zero-order chi connectivity index (χ0) is 18.1. The standard InChI is InChI=1S/C17H24N4O2S2.HI/c1-3-19-17(20-10-9-15-7-5-11-24-15)21-13-14-6-4-8-16(12-14)25(22,23)18-2;/h4-8,11-12,18H,3,9-10,13H2,1-2H3,(H2,19,20,21);1H. The number of thiophene rings is 1. The van der Waals surface area contributed by atoms with Gasteiger partial charge in [0.05, 0.1) is 11.4 Å². The van der Waals surface area contributed by atoms with Crippen molar-refractivity contribution in [3.63, 3.8) is 0 Å². The van der Waals surface area contributed by atoms with Gasteiger partial charge in [0, 0.05) is 18.0 Å². The van der Waals surface area contributed by atoms with Crippen molar-refractivity contribution in [3.8, 4) is 0 Å². The molecule has 6 nitrogen and oxygen atoms in total. The van der Waals surface area contributed by atoms with Crippen molar-refractivity contribution in [2.45, 2.75) is 24.8 Å². The molecular weight excluding hydrogens is 483 g/mol. The third kappa shape index (κ3) is 7.22. The molecule has 0 amide bonds. The van der Waals surface area contributed by atoms with Crippen LogP contribution in [-0.2, 0) is 23.0 Å². The summed E-state index contributed by atoms with van der Waals surface area (Å²) >= 11 is 1.74. The molecule has 0 saturated carbocycles. The van der Waals surface area contributed by atoms with E-state index in [0.29, 0.717) is 6.54 Å². The Hall–Kier alpha value is -1.17. The average molecular weight is 508 g/mol. The number of nitrogens with zero attached hydrogens (tertiary/aromatic N) is 1. The Morgan fingerprint density at radius 1 is 1.19 bits per heavy atom. The molecule has 0 fully saturated rings. The second kappa shape index (κ2) is 11.5. The fourth-order valence-electron chi connectivity index (χ4n) is 2.20. The van der Waals surface area contributed by atoms with Gasteiger partial charge in [-0.3, -0.25) is 0 Å². The first kappa shape index (κ1) is 22.9. The zero-order valence-corrected chi connectivity index (χ0v) is 18.8. The first-order chi connectivity index (χ1) is 12.0. The molecule has 0 bridgehead atoms. The Bertz CT molecular complexity index is 793. The van der Waals surface area contributed by atoms with Crippen molar-refractivity contribution in [1.82, 2.24) is 15.4 Å². The quantitative estimate of drug-likeness (QED) is 0.291. The van der Waals surface area contributed by atoms with E-state index in [4.69, 9.17) is 0 Å². The van der Waals surface area contributed by atoms with Crippen LogP contribution >= 0.6 is 35.3 Å². The molecule has 1 heterocycles. The van der Waals surface area contributed by atoms with Crippen LogP contribution in [-0.4, -0.2) is 34.5 Å². The maximum absolute atomic E-state index is 11.9. The first-order valence-electron chi connectivity index (χ1n) is 8.12. The zero-order valence-electron chi connectivity index (χ0n) is 14.9. The van der Waals surface area contributed by atoms with E-state index >= 15 is 0 Å². The van der Waals surface area contributed by atoms with Gasteiger partial charge in [0.15, 0.2) is 5.96 Å².